The Morgan fingerprint density at radius 2 is 0.780 bits per heavy atom. The summed E-state index contributed by atoms with van der Waals surface area (Å²) < 4.78 is 0. The molecule has 0 saturated carbocycles. The van der Waals surface area contributed by atoms with E-state index < -0.39 is 0 Å². The number of pyridine rings is 7. The monoisotopic (exact) mass is 649 g/mol. The minimum Gasteiger partial charge on any atom is -0.358 e. The molecule has 244 valence electrons. The Bertz CT molecular complexity index is 2030. The van der Waals surface area contributed by atoms with Crippen molar-refractivity contribution in [2.45, 2.75) is 41.5 Å². The fourth-order valence-corrected chi connectivity index (χ4v) is 4.37. The minimum atomic E-state index is 0. The first kappa shape index (κ1) is 43.4. The Balaban J connectivity index is 0.000000325. The molecule has 0 amide bonds. The molecule has 0 bridgehead atoms. The van der Waals surface area contributed by atoms with Gasteiger partial charge in [-0.2, -0.15) is 0 Å². The van der Waals surface area contributed by atoms with Gasteiger partial charge in [-0.15, -0.1) is 0 Å². The van der Waals surface area contributed by atoms with Crippen LogP contribution in [0.5, 0.6) is 0 Å². The molecule has 0 spiro atoms. The summed E-state index contributed by atoms with van der Waals surface area (Å²) in [6.07, 6.45) is 5.29. The number of aryl methyl sites for hydroxylation is 6. The number of nitrogens with zero attached hydrogens (tertiary/aromatic N) is 9. The fourth-order valence-electron chi connectivity index (χ4n) is 4.37. The fraction of sp³-hybridized carbons (Fsp3) is 0.154. The molecule has 50 heavy (non-hydrogen) atoms. The minimum absolute atomic E-state index is 0. The summed E-state index contributed by atoms with van der Waals surface area (Å²) in [6, 6.07) is 27.7. The normalized spacial score (nSPS) is 9.56. The van der Waals surface area contributed by atoms with Crippen LogP contribution in [0.4, 0.5) is 0 Å². The van der Waals surface area contributed by atoms with Gasteiger partial charge < -0.3 is 14.9 Å². The van der Waals surface area contributed by atoms with Crippen LogP contribution in [0, 0.1) is 56.4 Å². The zero-order chi connectivity index (χ0) is 32.5. The molecule has 0 aromatic carbocycles. The van der Waals surface area contributed by atoms with Gasteiger partial charge in [0.25, 0.3) is 0 Å². The van der Waals surface area contributed by atoms with Gasteiger partial charge in [0.2, 0.25) is 0 Å². The number of hydrogen-bond donors (Lipinski definition) is 0. The third kappa shape index (κ3) is 12.4. The Morgan fingerprint density at radius 1 is 0.340 bits per heavy atom. The molecule has 0 aliphatic rings. The van der Waals surface area contributed by atoms with Gasteiger partial charge in [-0.05, 0) is 126 Å². The average Bonchev–Trinajstić information content (AvgIpc) is 3.05. The summed E-state index contributed by atoms with van der Waals surface area (Å²) in [6.45, 7) is 11.8. The Morgan fingerprint density at radius 3 is 1.40 bits per heavy atom. The SMILES string of the molecule is Cc1ccc2ccc(C)nc2n1.Cc1ccc2cccnc2n1.Cc1ccc2ncc(C)nc2n1.Cc1ccc2ncccc2n1.[CH3-].[CH3-].[Li+].[Li+]. The number of fused-ring (bicyclic) bond motifs is 4. The van der Waals surface area contributed by atoms with E-state index in [9.17, 15) is 0 Å². The summed E-state index contributed by atoms with van der Waals surface area (Å²) in [7, 11) is 0. The largest absolute Gasteiger partial charge is 1.00 e. The molecule has 0 aliphatic heterocycles. The van der Waals surface area contributed by atoms with E-state index in [1.165, 1.54) is 0 Å². The standard InChI is InChI=1S/C10H10N2.C9H9N3.2C9H8N2.2CH3.2Li/c1-7-3-5-9-6-4-8(2)12-10(9)11-7;1-6-3-4-8-9(11-6)12-7(2)5-10-8;1-7-4-5-8-9(11-7)3-2-6-10-8;1-7-4-5-8-3-2-6-10-9(8)11-7;;;;/h3-6H,1-2H3;3-5H,1-2H3;2*2-6H,1H3;2*1H3;;/q;;;;2*-1;2*+1. The molecule has 11 heteroatoms. The van der Waals surface area contributed by atoms with Crippen LogP contribution in [0.25, 0.3) is 44.3 Å². The molecule has 0 saturated heterocycles. The second kappa shape index (κ2) is 20.8. The maximum absolute atomic E-state index is 4.33. The van der Waals surface area contributed by atoms with Gasteiger partial charge in [0.05, 0.1) is 16.7 Å². The molecule has 0 unspecified atom stereocenters. The summed E-state index contributed by atoms with van der Waals surface area (Å²) >= 11 is 0. The van der Waals surface area contributed by atoms with Crippen molar-refractivity contribution >= 4 is 44.3 Å². The van der Waals surface area contributed by atoms with E-state index in [4.69, 9.17) is 0 Å². The quantitative estimate of drug-likeness (QED) is 0.181. The molecular formula is C39H41Li2N9. The number of aromatic nitrogens is 9. The first-order valence-corrected chi connectivity index (χ1v) is 14.9. The van der Waals surface area contributed by atoms with E-state index in [2.05, 4.69) is 44.9 Å². The summed E-state index contributed by atoms with van der Waals surface area (Å²) in [5.74, 6) is 0. The second-order valence-electron chi connectivity index (χ2n) is 10.8. The predicted molar refractivity (Wildman–Crippen MR) is 197 cm³/mol. The molecule has 8 aromatic rings. The van der Waals surface area contributed by atoms with Gasteiger partial charge in [0.15, 0.2) is 16.9 Å². The molecular weight excluding hydrogens is 608 g/mol. The molecule has 0 aliphatic carbocycles. The molecule has 8 aromatic heterocycles. The van der Waals surface area contributed by atoms with Crippen molar-refractivity contribution in [2.75, 3.05) is 0 Å². The van der Waals surface area contributed by atoms with Gasteiger partial charge in [0.1, 0.15) is 5.52 Å². The third-order valence-corrected chi connectivity index (χ3v) is 6.70. The maximum Gasteiger partial charge on any atom is 1.00 e. The molecule has 0 fully saturated rings. The van der Waals surface area contributed by atoms with E-state index in [0.717, 1.165) is 78.4 Å². The van der Waals surface area contributed by atoms with Crippen LogP contribution < -0.4 is 37.7 Å². The molecule has 0 radical (unpaired) electrons. The van der Waals surface area contributed by atoms with Crippen molar-refractivity contribution in [3.05, 3.63) is 153 Å². The third-order valence-electron chi connectivity index (χ3n) is 6.70. The maximum atomic E-state index is 4.33. The summed E-state index contributed by atoms with van der Waals surface area (Å²) in [4.78, 5) is 38.2. The molecule has 8 rings (SSSR count). The molecule has 9 nitrogen and oxygen atoms in total. The van der Waals surface area contributed by atoms with Crippen molar-refractivity contribution in [3.8, 4) is 0 Å². The van der Waals surface area contributed by atoms with Gasteiger partial charge in [0, 0.05) is 57.8 Å². The van der Waals surface area contributed by atoms with Crippen LogP contribution in [-0.4, -0.2) is 44.9 Å². The topological polar surface area (TPSA) is 116 Å². The Labute approximate surface area is 319 Å². The van der Waals surface area contributed by atoms with Gasteiger partial charge >= 0.3 is 37.7 Å². The average molecular weight is 650 g/mol. The Hall–Kier alpha value is -4.64. The van der Waals surface area contributed by atoms with Crippen LogP contribution in [0.3, 0.4) is 0 Å². The van der Waals surface area contributed by atoms with Crippen LogP contribution in [0.1, 0.15) is 34.2 Å². The molecule has 0 N–H and O–H groups in total. The predicted octanol–water partition coefficient (Wildman–Crippen LogP) is 2.67. The van der Waals surface area contributed by atoms with E-state index in [0.29, 0.717) is 0 Å². The summed E-state index contributed by atoms with van der Waals surface area (Å²) in [5, 5.41) is 2.20. The Kier molecular flexibility index (Phi) is 18.0. The first-order chi connectivity index (χ1) is 22.2. The molecule has 8 heterocycles. The summed E-state index contributed by atoms with van der Waals surface area (Å²) in [5.41, 5.74) is 11.1. The molecule has 0 atom stereocenters. The zero-order valence-corrected chi connectivity index (χ0v) is 30.8. The smallest absolute Gasteiger partial charge is 0.358 e. The van der Waals surface area contributed by atoms with E-state index >= 15 is 0 Å². The van der Waals surface area contributed by atoms with Crippen molar-refractivity contribution in [1.82, 2.24) is 44.9 Å². The van der Waals surface area contributed by atoms with Crippen LogP contribution in [-0.2, 0) is 0 Å². The zero-order valence-electron chi connectivity index (χ0n) is 30.8. The van der Waals surface area contributed by atoms with Crippen molar-refractivity contribution in [2.24, 2.45) is 0 Å². The van der Waals surface area contributed by atoms with E-state index in [1.54, 1.807) is 18.6 Å². The van der Waals surface area contributed by atoms with E-state index in [-0.39, 0.29) is 52.6 Å². The van der Waals surface area contributed by atoms with Crippen LogP contribution in [0.2, 0.25) is 0 Å². The van der Waals surface area contributed by atoms with Crippen LogP contribution in [0.15, 0.2) is 104 Å². The number of rotatable bonds is 0. The van der Waals surface area contributed by atoms with E-state index in [1.807, 2.05) is 126 Å². The number of hydrogen-bond acceptors (Lipinski definition) is 9. The van der Waals surface area contributed by atoms with Crippen molar-refractivity contribution in [3.63, 3.8) is 0 Å². The van der Waals surface area contributed by atoms with Crippen molar-refractivity contribution < 1.29 is 37.7 Å². The van der Waals surface area contributed by atoms with Gasteiger partial charge in [-0.25, -0.2) is 29.9 Å². The van der Waals surface area contributed by atoms with Gasteiger partial charge in [-0.1, -0.05) is 0 Å². The van der Waals surface area contributed by atoms with Crippen LogP contribution >= 0.6 is 0 Å². The first-order valence-electron chi connectivity index (χ1n) is 14.9. The van der Waals surface area contributed by atoms with Gasteiger partial charge in [-0.3, -0.25) is 15.0 Å². The van der Waals surface area contributed by atoms with Crippen molar-refractivity contribution in [1.29, 1.82) is 0 Å². The second-order valence-corrected chi connectivity index (χ2v) is 10.8.